The molecule has 29 heavy (non-hydrogen) atoms. The second-order valence-electron chi connectivity index (χ2n) is 7.39. The summed E-state index contributed by atoms with van der Waals surface area (Å²) in [4.78, 5) is 35.4. The van der Waals surface area contributed by atoms with Gasteiger partial charge in [0.2, 0.25) is 5.91 Å². The number of aromatic amines is 1. The summed E-state index contributed by atoms with van der Waals surface area (Å²) >= 11 is 0. The van der Waals surface area contributed by atoms with Gasteiger partial charge in [0.25, 0.3) is 5.56 Å². The minimum absolute atomic E-state index is 0.00944. The van der Waals surface area contributed by atoms with Crippen LogP contribution in [-0.2, 0) is 4.79 Å². The number of H-pyrrole nitrogens is 1. The standard InChI is InChI=1S/C21H28N6O2/c1-22-19-12-15(6-8-23-19)16-11-18(21(29)24-13-16)25-17-7-10-27(14-17)20(28)5-4-9-26(2)3/h4-6,8,11-13,17,25H,7,9-10,14H2,1-3H3,(H,22,23)(H,24,29)/b5-4+/t17-/m1/s1. The summed E-state index contributed by atoms with van der Waals surface area (Å²) in [6.07, 6.45) is 7.71. The van der Waals surface area contributed by atoms with Crippen LogP contribution in [-0.4, -0.2) is 72.5 Å². The number of anilines is 2. The van der Waals surface area contributed by atoms with E-state index >= 15 is 0 Å². The predicted molar refractivity (Wildman–Crippen MR) is 116 cm³/mol. The molecule has 2 aromatic rings. The number of nitrogens with one attached hydrogen (secondary N) is 3. The van der Waals surface area contributed by atoms with E-state index in [0.717, 1.165) is 29.9 Å². The van der Waals surface area contributed by atoms with Crippen LogP contribution in [0.25, 0.3) is 11.1 Å². The molecular formula is C21H28N6O2. The Hall–Kier alpha value is -3.13. The summed E-state index contributed by atoms with van der Waals surface area (Å²) in [5, 5.41) is 6.32. The van der Waals surface area contributed by atoms with Crippen molar-refractivity contribution in [2.24, 2.45) is 0 Å². The molecule has 1 amide bonds. The molecule has 1 saturated heterocycles. The molecular weight excluding hydrogens is 368 g/mol. The van der Waals surface area contributed by atoms with Gasteiger partial charge in [-0.25, -0.2) is 4.98 Å². The molecule has 3 rings (SSSR count). The van der Waals surface area contributed by atoms with E-state index in [4.69, 9.17) is 0 Å². The average molecular weight is 396 g/mol. The molecule has 0 saturated carbocycles. The summed E-state index contributed by atoms with van der Waals surface area (Å²) in [6.45, 7) is 1.98. The van der Waals surface area contributed by atoms with Crippen molar-refractivity contribution in [3.8, 4) is 11.1 Å². The smallest absolute Gasteiger partial charge is 0.271 e. The Labute approximate surface area is 170 Å². The van der Waals surface area contributed by atoms with Gasteiger partial charge in [0.15, 0.2) is 0 Å². The number of aromatic nitrogens is 2. The van der Waals surface area contributed by atoms with Crippen LogP contribution >= 0.6 is 0 Å². The van der Waals surface area contributed by atoms with Crippen molar-refractivity contribution in [3.05, 3.63) is 53.1 Å². The number of hydrogen-bond donors (Lipinski definition) is 3. The molecule has 8 heteroatoms. The van der Waals surface area contributed by atoms with Crippen molar-refractivity contribution in [2.75, 3.05) is 51.4 Å². The first kappa shape index (κ1) is 20.6. The van der Waals surface area contributed by atoms with Crippen LogP contribution in [0.15, 0.2) is 47.5 Å². The van der Waals surface area contributed by atoms with Gasteiger partial charge in [-0.05, 0) is 44.3 Å². The number of carbonyl (C=O) groups is 1. The molecule has 0 spiro atoms. The lowest BCUT2D eigenvalue weighted by atomic mass is 10.1. The Morgan fingerprint density at radius 2 is 2.21 bits per heavy atom. The molecule has 0 bridgehead atoms. The Morgan fingerprint density at radius 3 is 2.97 bits per heavy atom. The number of amides is 1. The van der Waals surface area contributed by atoms with E-state index in [-0.39, 0.29) is 17.5 Å². The number of pyridine rings is 2. The zero-order valence-electron chi connectivity index (χ0n) is 17.1. The normalized spacial score (nSPS) is 16.6. The van der Waals surface area contributed by atoms with Gasteiger partial charge in [-0.1, -0.05) is 6.08 Å². The Morgan fingerprint density at radius 1 is 1.38 bits per heavy atom. The molecule has 1 aliphatic rings. The average Bonchev–Trinajstić information content (AvgIpc) is 3.18. The molecule has 2 aromatic heterocycles. The largest absolute Gasteiger partial charge is 0.376 e. The number of hydrogen-bond acceptors (Lipinski definition) is 6. The first-order chi connectivity index (χ1) is 14.0. The summed E-state index contributed by atoms with van der Waals surface area (Å²) in [6, 6.07) is 5.71. The lowest BCUT2D eigenvalue weighted by Gasteiger charge is -2.16. The molecule has 1 fully saturated rings. The third-order valence-electron chi connectivity index (χ3n) is 4.84. The van der Waals surface area contributed by atoms with Gasteiger partial charge >= 0.3 is 0 Å². The maximum Gasteiger partial charge on any atom is 0.271 e. The molecule has 0 aromatic carbocycles. The van der Waals surface area contributed by atoms with E-state index in [1.807, 2.05) is 55.2 Å². The second kappa shape index (κ2) is 9.38. The first-order valence-electron chi connectivity index (χ1n) is 9.70. The number of carbonyl (C=O) groups excluding carboxylic acids is 1. The monoisotopic (exact) mass is 396 g/mol. The van der Waals surface area contributed by atoms with Crippen LogP contribution in [0.1, 0.15) is 6.42 Å². The van der Waals surface area contributed by atoms with Crippen LogP contribution in [0, 0.1) is 0 Å². The van der Waals surface area contributed by atoms with Crippen LogP contribution in [0.3, 0.4) is 0 Å². The fourth-order valence-corrected chi connectivity index (χ4v) is 3.27. The fourth-order valence-electron chi connectivity index (χ4n) is 3.27. The number of rotatable bonds is 7. The fraction of sp³-hybridized carbons (Fsp3) is 0.381. The Kier molecular flexibility index (Phi) is 6.66. The van der Waals surface area contributed by atoms with Crippen LogP contribution in [0.2, 0.25) is 0 Å². The zero-order chi connectivity index (χ0) is 20.8. The van der Waals surface area contributed by atoms with E-state index in [1.165, 1.54) is 0 Å². The zero-order valence-corrected chi connectivity index (χ0v) is 17.1. The molecule has 8 nitrogen and oxygen atoms in total. The molecule has 0 radical (unpaired) electrons. The predicted octanol–water partition coefficient (Wildman–Crippen LogP) is 1.61. The van der Waals surface area contributed by atoms with Gasteiger partial charge in [0, 0.05) is 56.8 Å². The summed E-state index contributed by atoms with van der Waals surface area (Å²) in [5.74, 6) is 0.769. The van der Waals surface area contributed by atoms with Crippen molar-refractivity contribution in [1.29, 1.82) is 0 Å². The molecule has 0 aliphatic carbocycles. The maximum absolute atomic E-state index is 12.3. The van der Waals surface area contributed by atoms with Crippen molar-refractivity contribution in [1.82, 2.24) is 19.8 Å². The van der Waals surface area contributed by atoms with Crippen LogP contribution in [0.4, 0.5) is 11.5 Å². The van der Waals surface area contributed by atoms with Crippen molar-refractivity contribution in [2.45, 2.75) is 12.5 Å². The Balaban J connectivity index is 1.67. The molecule has 1 aliphatic heterocycles. The summed E-state index contributed by atoms with van der Waals surface area (Å²) in [5.41, 5.74) is 2.18. The quantitative estimate of drug-likeness (QED) is 0.616. The van der Waals surface area contributed by atoms with E-state index in [9.17, 15) is 9.59 Å². The highest BCUT2D eigenvalue weighted by molar-refractivity contribution is 5.87. The topological polar surface area (TPSA) is 93.4 Å². The van der Waals surface area contributed by atoms with Gasteiger partial charge in [-0.3, -0.25) is 9.59 Å². The van der Waals surface area contributed by atoms with E-state index in [2.05, 4.69) is 20.6 Å². The van der Waals surface area contributed by atoms with E-state index in [1.54, 1.807) is 18.5 Å². The third-order valence-corrected chi connectivity index (χ3v) is 4.84. The molecule has 3 heterocycles. The van der Waals surface area contributed by atoms with Gasteiger partial charge in [-0.2, -0.15) is 0 Å². The van der Waals surface area contributed by atoms with Crippen molar-refractivity contribution < 1.29 is 4.79 Å². The molecule has 0 unspecified atom stereocenters. The van der Waals surface area contributed by atoms with Crippen LogP contribution in [0.5, 0.6) is 0 Å². The van der Waals surface area contributed by atoms with E-state index < -0.39 is 0 Å². The second-order valence-corrected chi connectivity index (χ2v) is 7.39. The molecule has 3 N–H and O–H groups in total. The summed E-state index contributed by atoms with van der Waals surface area (Å²) < 4.78 is 0. The third kappa shape index (κ3) is 5.45. The van der Waals surface area contributed by atoms with Crippen molar-refractivity contribution >= 4 is 17.4 Å². The molecule has 154 valence electrons. The lowest BCUT2D eigenvalue weighted by molar-refractivity contribution is -0.125. The van der Waals surface area contributed by atoms with Gasteiger partial charge in [-0.15, -0.1) is 0 Å². The van der Waals surface area contributed by atoms with E-state index in [0.29, 0.717) is 18.8 Å². The maximum atomic E-state index is 12.3. The minimum atomic E-state index is -0.174. The van der Waals surface area contributed by atoms with Gasteiger partial charge in [0.1, 0.15) is 11.5 Å². The highest BCUT2D eigenvalue weighted by Crippen LogP contribution is 2.22. The van der Waals surface area contributed by atoms with Gasteiger partial charge < -0.3 is 25.4 Å². The number of likely N-dealkylation sites (N-methyl/N-ethyl adjacent to an activating group) is 1. The first-order valence-corrected chi connectivity index (χ1v) is 9.70. The lowest BCUT2D eigenvalue weighted by Crippen LogP contribution is -2.31. The summed E-state index contributed by atoms with van der Waals surface area (Å²) in [7, 11) is 5.73. The molecule has 1 atom stereocenters. The highest BCUT2D eigenvalue weighted by atomic mass is 16.2. The number of likely N-dealkylation sites (tertiary alicyclic amines) is 1. The minimum Gasteiger partial charge on any atom is -0.376 e. The SMILES string of the molecule is CNc1cc(-c2c[nH]c(=O)c(N[C@@H]3CCN(C(=O)/C=C/CN(C)C)C3)c2)ccn1. The Bertz CT molecular complexity index is 937. The van der Waals surface area contributed by atoms with Crippen LogP contribution < -0.4 is 16.2 Å². The van der Waals surface area contributed by atoms with Gasteiger partial charge in [0.05, 0.1) is 0 Å². The van der Waals surface area contributed by atoms with Crippen molar-refractivity contribution in [3.63, 3.8) is 0 Å². The number of nitrogens with zero attached hydrogens (tertiary/aromatic N) is 3. The highest BCUT2D eigenvalue weighted by Gasteiger charge is 2.25.